The third kappa shape index (κ3) is 2.96. The van der Waals surface area contributed by atoms with Gasteiger partial charge in [-0.3, -0.25) is 14.5 Å². The van der Waals surface area contributed by atoms with E-state index in [1.54, 1.807) is 48.5 Å². The van der Waals surface area contributed by atoms with Gasteiger partial charge in [0.1, 0.15) is 6.61 Å². The quantitative estimate of drug-likeness (QED) is 0.417. The highest BCUT2D eigenvalue weighted by Crippen LogP contribution is 2.55. The predicted octanol–water partition coefficient (Wildman–Crippen LogP) is 4.40. The summed E-state index contributed by atoms with van der Waals surface area (Å²) < 4.78 is 5.33. The summed E-state index contributed by atoms with van der Waals surface area (Å²) in [5.74, 6) is -0.841. The molecule has 3 aliphatic rings. The average molecular weight is 422 g/mol. The lowest BCUT2D eigenvalue weighted by Gasteiger charge is -2.19. The standard InChI is InChI=1S/C24H20ClNO4/c1-13-10-16-11-19(13)21-20(16)22(27)26(23(21)28)18-8-4-15(5-9-18)24(29)30-12-14-2-6-17(25)7-3-14/h2-10,16,19-21H,11-12H2,1H3/t16-,19+,20+,21-/m0/s1. The molecule has 5 rings (SSSR count). The van der Waals surface area contributed by atoms with Crippen molar-refractivity contribution in [2.24, 2.45) is 23.7 Å². The van der Waals surface area contributed by atoms with E-state index < -0.39 is 5.97 Å². The molecule has 1 saturated carbocycles. The first-order chi connectivity index (χ1) is 14.4. The minimum absolute atomic E-state index is 0.122. The van der Waals surface area contributed by atoms with Crippen molar-refractivity contribution in [2.45, 2.75) is 20.0 Å². The van der Waals surface area contributed by atoms with Crippen LogP contribution in [-0.2, 0) is 20.9 Å². The van der Waals surface area contributed by atoms with Gasteiger partial charge in [-0.15, -0.1) is 0 Å². The monoisotopic (exact) mass is 421 g/mol. The van der Waals surface area contributed by atoms with E-state index in [1.807, 2.05) is 6.92 Å². The van der Waals surface area contributed by atoms with E-state index in [0.29, 0.717) is 16.3 Å². The van der Waals surface area contributed by atoms with Crippen LogP contribution in [0.15, 0.2) is 60.2 Å². The van der Waals surface area contributed by atoms with Crippen LogP contribution in [0.25, 0.3) is 0 Å². The first-order valence-electron chi connectivity index (χ1n) is 10.0. The maximum absolute atomic E-state index is 13.0. The number of allylic oxidation sites excluding steroid dienone is 2. The summed E-state index contributed by atoms with van der Waals surface area (Å²) in [6.45, 7) is 2.19. The summed E-state index contributed by atoms with van der Waals surface area (Å²) >= 11 is 5.85. The van der Waals surface area contributed by atoms with Crippen LogP contribution in [0.5, 0.6) is 0 Å². The van der Waals surface area contributed by atoms with E-state index in [9.17, 15) is 14.4 Å². The van der Waals surface area contributed by atoms with Crippen molar-refractivity contribution < 1.29 is 19.1 Å². The van der Waals surface area contributed by atoms with Gasteiger partial charge in [-0.05, 0) is 67.1 Å². The zero-order valence-electron chi connectivity index (χ0n) is 16.4. The van der Waals surface area contributed by atoms with Gasteiger partial charge < -0.3 is 4.74 Å². The number of halogens is 1. The van der Waals surface area contributed by atoms with Crippen LogP contribution < -0.4 is 4.90 Å². The summed E-state index contributed by atoms with van der Waals surface area (Å²) in [5.41, 5.74) is 2.93. The van der Waals surface area contributed by atoms with E-state index in [-0.39, 0.29) is 42.1 Å². The molecule has 2 amide bonds. The van der Waals surface area contributed by atoms with Gasteiger partial charge in [-0.1, -0.05) is 35.4 Å². The molecule has 0 radical (unpaired) electrons. The lowest BCUT2D eigenvalue weighted by atomic mass is 9.82. The number of amides is 2. The van der Waals surface area contributed by atoms with Crippen LogP contribution >= 0.6 is 11.6 Å². The zero-order chi connectivity index (χ0) is 21.0. The van der Waals surface area contributed by atoms with E-state index in [0.717, 1.165) is 12.0 Å². The highest BCUT2D eigenvalue weighted by Gasteiger charge is 2.60. The lowest BCUT2D eigenvalue weighted by Crippen LogP contribution is -2.32. The highest BCUT2D eigenvalue weighted by atomic mass is 35.5. The molecule has 2 aliphatic carbocycles. The number of hydrogen-bond acceptors (Lipinski definition) is 4. The Morgan fingerprint density at radius 3 is 2.40 bits per heavy atom. The molecule has 1 saturated heterocycles. The Kier molecular flexibility index (Phi) is 4.51. The average Bonchev–Trinajstić information content (AvgIpc) is 3.38. The van der Waals surface area contributed by atoms with Gasteiger partial charge in [-0.25, -0.2) is 4.79 Å². The normalized spacial score (nSPS) is 26.7. The Balaban J connectivity index is 1.28. The number of esters is 1. The second-order valence-corrected chi connectivity index (χ2v) is 8.67. The summed E-state index contributed by atoms with van der Waals surface area (Å²) in [4.78, 5) is 39.6. The van der Waals surface area contributed by atoms with Crippen LogP contribution in [0.1, 0.15) is 29.3 Å². The Hall–Kier alpha value is -2.92. The van der Waals surface area contributed by atoms with Crippen molar-refractivity contribution in [3.63, 3.8) is 0 Å². The number of fused-ring (bicyclic) bond motifs is 5. The molecule has 5 nitrogen and oxygen atoms in total. The molecular weight excluding hydrogens is 402 g/mol. The zero-order valence-corrected chi connectivity index (χ0v) is 17.1. The number of carbonyl (C=O) groups is 3. The number of hydrogen-bond donors (Lipinski definition) is 0. The van der Waals surface area contributed by atoms with Gasteiger partial charge in [0, 0.05) is 5.02 Å². The number of benzene rings is 2. The first kappa shape index (κ1) is 19.1. The molecule has 2 aromatic carbocycles. The number of nitrogens with zero attached hydrogens (tertiary/aromatic N) is 1. The number of carbonyl (C=O) groups excluding carboxylic acids is 3. The van der Waals surface area contributed by atoms with E-state index in [2.05, 4.69) is 6.08 Å². The third-order valence-corrected chi connectivity index (χ3v) is 6.78. The molecule has 1 aliphatic heterocycles. The summed E-state index contributed by atoms with van der Waals surface area (Å²) in [7, 11) is 0. The van der Waals surface area contributed by atoms with Gasteiger partial charge in [0.05, 0.1) is 23.1 Å². The van der Waals surface area contributed by atoms with E-state index in [4.69, 9.17) is 16.3 Å². The molecule has 2 aromatic rings. The summed E-state index contributed by atoms with van der Waals surface area (Å²) in [6.07, 6.45) is 3.06. The third-order valence-electron chi connectivity index (χ3n) is 6.53. The number of rotatable bonds is 4. The van der Waals surface area contributed by atoms with Crippen molar-refractivity contribution in [1.29, 1.82) is 0 Å². The lowest BCUT2D eigenvalue weighted by molar-refractivity contribution is -0.123. The Morgan fingerprint density at radius 1 is 1.03 bits per heavy atom. The van der Waals surface area contributed by atoms with Crippen LogP contribution in [0, 0.1) is 23.7 Å². The van der Waals surface area contributed by atoms with Crippen LogP contribution in [0.2, 0.25) is 5.02 Å². The van der Waals surface area contributed by atoms with Gasteiger partial charge in [0.2, 0.25) is 11.8 Å². The second kappa shape index (κ2) is 7.10. The maximum atomic E-state index is 13.0. The molecule has 30 heavy (non-hydrogen) atoms. The molecule has 152 valence electrons. The van der Waals surface area contributed by atoms with Crippen molar-refractivity contribution >= 4 is 35.1 Å². The molecule has 6 heteroatoms. The van der Waals surface area contributed by atoms with Crippen LogP contribution in [-0.4, -0.2) is 17.8 Å². The summed E-state index contributed by atoms with van der Waals surface area (Å²) in [5, 5.41) is 0.620. The molecule has 0 spiro atoms. The van der Waals surface area contributed by atoms with Gasteiger partial charge >= 0.3 is 5.97 Å². The maximum Gasteiger partial charge on any atom is 0.338 e. The largest absolute Gasteiger partial charge is 0.457 e. The highest BCUT2D eigenvalue weighted by molar-refractivity contribution is 6.30. The second-order valence-electron chi connectivity index (χ2n) is 8.23. The molecule has 0 unspecified atom stereocenters. The first-order valence-corrected chi connectivity index (χ1v) is 10.4. The molecule has 2 fully saturated rings. The molecule has 0 N–H and O–H groups in total. The fourth-order valence-corrected chi connectivity index (χ4v) is 5.21. The van der Waals surface area contributed by atoms with Crippen molar-refractivity contribution in [3.05, 3.63) is 76.3 Å². The van der Waals surface area contributed by atoms with Gasteiger partial charge in [-0.2, -0.15) is 0 Å². The topological polar surface area (TPSA) is 63.7 Å². The Morgan fingerprint density at radius 2 is 1.70 bits per heavy atom. The number of anilines is 1. The minimum Gasteiger partial charge on any atom is -0.457 e. The Labute approximate surface area is 179 Å². The van der Waals surface area contributed by atoms with E-state index >= 15 is 0 Å². The summed E-state index contributed by atoms with van der Waals surface area (Å²) in [6, 6.07) is 13.5. The van der Waals surface area contributed by atoms with Gasteiger partial charge in [0.25, 0.3) is 0 Å². The fourth-order valence-electron chi connectivity index (χ4n) is 5.09. The number of ether oxygens (including phenoxy) is 1. The van der Waals surface area contributed by atoms with Gasteiger partial charge in [0.15, 0.2) is 0 Å². The van der Waals surface area contributed by atoms with Crippen molar-refractivity contribution in [1.82, 2.24) is 0 Å². The van der Waals surface area contributed by atoms with E-state index in [1.165, 1.54) is 10.5 Å². The van der Waals surface area contributed by atoms with Crippen LogP contribution in [0.4, 0.5) is 5.69 Å². The predicted molar refractivity (Wildman–Crippen MR) is 112 cm³/mol. The molecule has 2 bridgehead atoms. The minimum atomic E-state index is -0.467. The molecule has 1 heterocycles. The van der Waals surface area contributed by atoms with Crippen LogP contribution in [0.3, 0.4) is 0 Å². The fraction of sp³-hybridized carbons (Fsp3) is 0.292. The number of imide groups is 1. The Bertz CT molecular complexity index is 1070. The molecule has 4 atom stereocenters. The smallest absolute Gasteiger partial charge is 0.338 e. The molecular formula is C24H20ClNO4. The molecule has 0 aromatic heterocycles. The SMILES string of the molecule is CC1=C[C@H]2C[C@H]1[C@@H]1C(=O)N(c3ccc(C(=O)OCc4ccc(Cl)cc4)cc3)C(=O)[C@@H]12. The van der Waals surface area contributed by atoms with Crippen molar-refractivity contribution in [3.8, 4) is 0 Å². The van der Waals surface area contributed by atoms with Crippen molar-refractivity contribution in [2.75, 3.05) is 4.90 Å².